The Morgan fingerprint density at radius 1 is 1.42 bits per heavy atom. The molecule has 0 radical (unpaired) electrons. The van der Waals surface area contributed by atoms with Crippen LogP contribution in [0.2, 0.25) is 0 Å². The van der Waals surface area contributed by atoms with Gasteiger partial charge in [-0.1, -0.05) is 26.0 Å². The molecule has 2 N–H and O–H groups in total. The number of benzene rings is 1. The van der Waals surface area contributed by atoms with Crippen LogP contribution in [0.15, 0.2) is 30.4 Å². The molecule has 1 aliphatic carbocycles. The first-order chi connectivity index (χ1) is 9.08. The average molecular weight is 257 g/mol. The maximum atomic E-state index is 11.1. The van der Waals surface area contributed by atoms with E-state index in [0.717, 1.165) is 17.7 Å². The van der Waals surface area contributed by atoms with Crippen LogP contribution in [-0.4, -0.2) is 17.1 Å². The smallest absolute Gasteiger partial charge is 0.335 e. The van der Waals surface area contributed by atoms with Crippen LogP contribution in [0.4, 0.5) is 5.69 Å². The van der Waals surface area contributed by atoms with Gasteiger partial charge in [0.1, 0.15) is 0 Å². The van der Waals surface area contributed by atoms with Crippen molar-refractivity contribution in [1.82, 2.24) is 0 Å². The van der Waals surface area contributed by atoms with Gasteiger partial charge < -0.3 is 10.4 Å². The van der Waals surface area contributed by atoms with Gasteiger partial charge >= 0.3 is 5.97 Å². The van der Waals surface area contributed by atoms with E-state index in [-0.39, 0.29) is 0 Å². The van der Waals surface area contributed by atoms with Crippen LogP contribution < -0.4 is 5.32 Å². The van der Waals surface area contributed by atoms with Gasteiger partial charge in [-0.25, -0.2) is 4.79 Å². The molecule has 100 valence electrons. The van der Waals surface area contributed by atoms with Crippen LogP contribution in [0.25, 0.3) is 0 Å². The predicted molar refractivity (Wildman–Crippen MR) is 75.6 cm³/mol. The maximum absolute atomic E-state index is 11.1. The van der Waals surface area contributed by atoms with Crippen LogP contribution in [0.1, 0.15) is 42.1 Å². The monoisotopic (exact) mass is 257 g/mol. The molecule has 3 nitrogen and oxygen atoms in total. The highest BCUT2D eigenvalue weighted by atomic mass is 16.4. The second-order valence-corrected chi connectivity index (χ2v) is 5.87. The van der Waals surface area contributed by atoms with Crippen molar-refractivity contribution >= 4 is 11.7 Å². The van der Waals surface area contributed by atoms with Gasteiger partial charge in [0.15, 0.2) is 0 Å². The first-order valence-electron chi connectivity index (χ1n) is 6.88. The lowest BCUT2D eigenvalue weighted by Crippen LogP contribution is -2.39. The molecule has 1 aromatic rings. The van der Waals surface area contributed by atoms with Crippen molar-refractivity contribution in [2.45, 2.75) is 32.2 Å². The number of carboxylic acid groups (broad SMARTS) is 1. The third-order valence-corrected chi connectivity index (χ3v) is 4.37. The SMILES string of the molecule is CC(C)[C@@H]1Nc2ccc(C(=O)O)cc2[C@@H]2C=CC[C@H]21. The van der Waals surface area contributed by atoms with Crippen molar-refractivity contribution in [3.05, 3.63) is 41.5 Å². The Morgan fingerprint density at radius 3 is 2.89 bits per heavy atom. The first-order valence-corrected chi connectivity index (χ1v) is 6.88. The molecule has 3 rings (SSSR count). The summed E-state index contributed by atoms with van der Waals surface area (Å²) in [6, 6.07) is 5.89. The summed E-state index contributed by atoms with van der Waals surface area (Å²) in [4.78, 5) is 11.1. The fourth-order valence-corrected chi connectivity index (χ4v) is 3.43. The average Bonchev–Trinajstić information content (AvgIpc) is 2.86. The van der Waals surface area contributed by atoms with E-state index in [2.05, 4.69) is 31.3 Å². The van der Waals surface area contributed by atoms with Gasteiger partial charge in [-0.2, -0.15) is 0 Å². The predicted octanol–water partition coefficient (Wildman–Crippen LogP) is 3.49. The van der Waals surface area contributed by atoms with Crippen LogP contribution in [0.3, 0.4) is 0 Å². The van der Waals surface area contributed by atoms with Crippen molar-refractivity contribution in [3.8, 4) is 0 Å². The van der Waals surface area contributed by atoms with E-state index < -0.39 is 5.97 Å². The number of aromatic carboxylic acids is 1. The fraction of sp³-hybridized carbons (Fsp3) is 0.438. The second-order valence-electron chi connectivity index (χ2n) is 5.87. The topological polar surface area (TPSA) is 49.3 Å². The number of hydrogen-bond acceptors (Lipinski definition) is 2. The van der Waals surface area contributed by atoms with Crippen LogP contribution in [0, 0.1) is 11.8 Å². The van der Waals surface area contributed by atoms with Crippen molar-refractivity contribution in [2.75, 3.05) is 5.32 Å². The summed E-state index contributed by atoms with van der Waals surface area (Å²) in [5.41, 5.74) is 2.61. The van der Waals surface area contributed by atoms with Gasteiger partial charge in [0.05, 0.1) is 5.56 Å². The summed E-state index contributed by atoms with van der Waals surface area (Å²) in [7, 11) is 0. The maximum Gasteiger partial charge on any atom is 0.335 e. The highest BCUT2D eigenvalue weighted by molar-refractivity contribution is 5.88. The van der Waals surface area contributed by atoms with Gasteiger partial charge in [0, 0.05) is 17.6 Å². The van der Waals surface area contributed by atoms with Gasteiger partial charge in [0.25, 0.3) is 0 Å². The Morgan fingerprint density at radius 2 is 2.21 bits per heavy atom. The molecule has 0 saturated carbocycles. The van der Waals surface area contributed by atoms with E-state index in [1.54, 1.807) is 6.07 Å². The molecule has 0 spiro atoms. The summed E-state index contributed by atoms with van der Waals surface area (Å²) in [5.74, 6) is 0.631. The lowest BCUT2D eigenvalue weighted by atomic mass is 9.75. The Balaban J connectivity index is 2.05. The Bertz CT molecular complexity index is 548. The molecule has 1 aromatic carbocycles. The Labute approximate surface area is 113 Å². The van der Waals surface area contributed by atoms with E-state index in [4.69, 9.17) is 5.11 Å². The molecule has 0 unspecified atom stereocenters. The van der Waals surface area contributed by atoms with Crippen molar-refractivity contribution in [2.24, 2.45) is 11.8 Å². The molecule has 0 fully saturated rings. The minimum atomic E-state index is -0.854. The third kappa shape index (κ3) is 1.93. The first kappa shape index (κ1) is 12.3. The van der Waals surface area contributed by atoms with Gasteiger partial charge in [0.2, 0.25) is 0 Å². The number of fused-ring (bicyclic) bond motifs is 3. The second kappa shape index (κ2) is 4.41. The number of carbonyl (C=O) groups is 1. The Hall–Kier alpha value is -1.77. The third-order valence-electron chi connectivity index (χ3n) is 4.37. The highest BCUT2D eigenvalue weighted by Gasteiger charge is 2.38. The largest absolute Gasteiger partial charge is 0.478 e. The lowest BCUT2D eigenvalue weighted by molar-refractivity contribution is 0.0696. The summed E-state index contributed by atoms with van der Waals surface area (Å²) >= 11 is 0. The number of nitrogens with one attached hydrogen (secondary N) is 1. The molecule has 0 amide bonds. The van der Waals surface area contributed by atoms with Gasteiger partial charge in [-0.15, -0.1) is 0 Å². The molecular weight excluding hydrogens is 238 g/mol. The Kier molecular flexibility index (Phi) is 2.85. The van der Waals surface area contributed by atoms with Crippen molar-refractivity contribution in [1.29, 1.82) is 0 Å². The van der Waals surface area contributed by atoms with Crippen LogP contribution >= 0.6 is 0 Å². The quantitative estimate of drug-likeness (QED) is 0.797. The van der Waals surface area contributed by atoms with E-state index in [1.807, 2.05) is 12.1 Å². The van der Waals surface area contributed by atoms with Crippen LogP contribution in [0.5, 0.6) is 0 Å². The van der Waals surface area contributed by atoms with E-state index in [1.165, 1.54) is 0 Å². The molecule has 19 heavy (non-hydrogen) atoms. The number of anilines is 1. The van der Waals surface area contributed by atoms with E-state index in [0.29, 0.717) is 29.4 Å². The molecule has 1 heterocycles. The summed E-state index contributed by atoms with van der Waals surface area (Å²) in [6.45, 7) is 4.48. The standard InChI is InChI=1S/C16H19NO2/c1-9(2)15-12-5-3-4-11(12)13-8-10(16(18)19)6-7-14(13)17-15/h3-4,6-9,11-12,15,17H,5H2,1-2H3,(H,18,19)/t11-,12-,15+/m1/s1. The van der Waals surface area contributed by atoms with Gasteiger partial charge in [-0.05, 0) is 42.0 Å². The number of allylic oxidation sites excluding steroid dienone is 2. The number of rotatable bonds is 2. The molecule has 1 aliphatic heterocycles. The molecule has 0 saturated heterocycles. The van der Waals surface area contributed by atoms with Gasteiger partial charge in [-0.3, -0.25) is 0 Å². The minimum absolute atomic E-state index is 0.364. The summed E-state index contributed by atoms with van der Waals surface area (Å²) in [5, 5.41) is 12.7. The van der Waals surface area contributed by atoms with Crippen molar-refractivity contribution < 1.29 is 9.90 Å². The zero-order valence-corrected chi connectivity index (χ0v) is 11.3. The molecule has 2 aliphatic rings. The van der Waals surface area contributed by atoms with Crippen molar-refractivity contribution in [3.63, 3.8) is 0 Å². The normalized spacial score (nSPS) is 27.8. The molecular formula is C16H19NO2. The highest BCUT2D eigenvalue weighted by Crippen LogP contribution is 2.46. The molecule has 0 bridgehead atoms. The minimum Gasteiger partial charge on any atom is -0.478 e. The van der Waals surface area contributed by atoms with E-state index >= 15 is 0 Å². The fourth-order valence-electron chi connectivity index (χ4n) is 3.43. The molecule has 3 atom stereocenters. The van der Waals surface area contributed by atoms with E-state index in [9.17, 15) is 4.79 Å². The summed E-state index contributed by atoms with van der Waals surface area (Å²) in [6.07, 6.45) is 5.55. The lowest BCUT2D eigenvalue weighted by Gasteiger charge is -2.39. The zero-order valence-electron chi connectivity index (χ0n) is 11.3. The molecule has 0 aromatic heterocycles. The summed E-state index contributed by atoms with van der Waals surface area (Å²) < 4.78 is 0. The zero-order chi connectivity index (χ0) is 13.6. The van der Waals surface area contributed by atoms with Crippen LogP contribution in [-0.2, 0) is 0 Å². The number of hydrogen-bond donors (Lipinski definition) is 2. The molecule has 3 heteroatoms. The number of carboxylic acids is 1.